The maximum atomic E-state index is 14.2. The van der Waals surface area contributed by atoms with Crippen LogP contribution in [-0.2, 0) is 5.54 Å². The van der Waals surface area contributed by atoms with E-state index in [0.717, 1.165) is 23.8 Å². The molecular formula is C19H19F2N3OS. The number of thioether (sulfide) groups is 1. The van der Waals surface area contributed by atoms with Crippen molar-refractivity contribution in [1.82, 2.24) is 0 Å². The van der Waals surface area contributed by atoms with Crippen molar-refractivity contribution in [2.75, 3.05) is 11.1 Å². The highest BCUT2D eigenvalue weighted by atomic mass is 32.2. The molecule has 1 aliphatic rings. The van der Waals surface area contributed by atoms with Crippen molar-refractivity contribution in [2.45, 2.75) is 25.8 Å². The lowest BCUT2D eigenvalue weighted by Gasteiger charge is -2.30. The molecule has 1 heterocycles. The molecule has 2 aromatic rings. The van der Waals surface area contributed by atoms with Crippen molar-refractivity contribution in [3.8, 4) is 0 Å². The van der Waals surface area contributed by atoms with E-state index in [1.54, 1.807) is 19.1 Å². The van der Waals surface area contributed by atoms with Gasteiger partial charge in [0.25, 0.3) is 5.91 Å². The normalized spacial score (nSPS) is 19.8. The van der Waals surface area contributed by atoms with Crippen LogP contribution in [0, 0.1) is 18.6 Å². The average Bonchev–Trinajstić information content (AvgIpc) is 2.58. The van der Waals surface area contributed by atoms with Gasteiger partial charge in [0.15, 0.2) is 5.17 Å². The highest BCUT2D eigenvalue weighted by molar-refractivity contribution is 8.13. The quantitative estimate of drug-likeness (QED) is 0.845. The van der Waals surface area contributed by atoms with E-state index >= 15 is 0 Å². The smallest absolute Gasteiger partial charge is 0.256 e. The molecule has 0 radical (unpaired) electrons. The van der Waals surface area contributed by atoms with Crippen LogP contribution in [0.1, 0.15) is 34.8 Å². The summed E-state index contributed by atoms with van der Waals surface area (Å²) in [6, 6.07) is 8.42. The summed E-state index contributed by atoms with van der Waals surface area (Å²) >= 11 is 1.48. The van der Waals surface area contributed by atoms with Gasteiger partial charge in [0.05, 0.1) is 11.2 Å². The third kappa shape index (κ3) is 3.72. The van der Waals surface area contributed by atoms with Crippen LogP contribution in [-0.4, -0.2) is 16.8 Å². The van der Waals surface area contributed by atoms with Gasteiger partial charge < -0.3 is 11.1 Å². The number of nitrogens with two attached hydrogens (primary N) is 1. The zero-order valence-electron chi connectivity index (χ0n) is 14.5. The molecule has 0 fully saturated rings. The summed E-state index contributed by atoms with van der Waals surface area (Å²) in [4.78, 5) is 17.0. The number of benzene rings is 2. The number of hydrogen-bond acceptors (Lipinski definition) is 4. The van der Waals surface area contributed by atoms with Crippen LogP contribution in [0.2, 0.25) is 0 Å². The average molecular weight is 375 g/mol. The standard InChI is InChI=1S/C19H19F2N3OS/c1-11-3-5-13(20)10-14(11)17(25)23-16-9-12(4-6-15(16)21)19(2)7-8-26-18(22)24-19/h3-6,9-10H,7-8H2,1-2H3,(H2,22,24)(H,23,25). The Morgan fingerprint density at radius 2 is 2.04 bits per heavy atom. The summed E-state index contributed by atoms with van der Waals surface area (Å²) in [5.41, 5.74) is 6.82. The molecule has 0 aromatic heterocycles. The lowest BCUT2D eigenvalue weighted by molar-refractivity contribution is 0.102. The fraction of sp³-hybridized carbons (Fsp3) is 0.263. The molecule has 1 amide bonds. The summed E-state index contributed by atoms with van der Waals surface area (Å²) in [5, 5.41) is 3.03. The van der Waals surface area contributed by atoms with Gasteiger partial charge >= 0.3 is 0 Å². The third-order valence-electron chi connectivity index (χ3n) is 4.48. The minimum atomic E-state index is -0.572. The number of carbonyl (C=O) groups is 1. The first-order valence-corrected chi connectivity index (χ1v) is 9.13. The summed E-state index contributed by atoms with van der Waals surface area (Å²) in [6.45, 7) is 3.62. The second-order valence-corrected chi connectivity index (χ2v) is 7.55. The zero-order valence-corrected chi connectivity index (χ0v) is 15.3. The summed E-state index contributed by atoms with van der Waals surface area (Å²) in [7, 11) is 0. The molecule has 0 saturated carbocycles. The monoisotopic (exact) mass is 375 g/mol. The summed E-state index contributed by atoms with van der Waals surface area (Å²) in [5.74, 6) is -0.841. The van der Waals surface area contributed by atoms with Crippen LogP contribution in [0.25, 0.3) is 0 Å². The molecule has 0 saturated heterocycles. The number of amidine groups is 1. The first-order valence-electron chi connectivity index (χ1n) is 8.14. The van der Waals surface area contributed by atoms with Crippen molar-refractivity contribution in [3.05, 3.63) is 64.7 Å². The van der Waals surface area contributed by atoms with Crippen molar-refractivity contribution in [2.24, 2.45) is 10.7 Å². The maximum Gasteiger partial charge on any atom is 0.256 e. The van der Waals surface area contributed by atoms with Gasteiger partial charge in [-0.05, 0) is 55.7 Å². The highest BCUT2D eigenvalue weighted by Crippen LogP contribution is 2.36. The van der Waals surface area contributed by atoms with Gasteiger partial charge in [-0.3, -0.25) is 9.79 Å². The van der Waals surface area contributed by atoms with E-state index < -0.39 is 23.1 Å². The second kappa shape index (κ2) is 7.07. The summed E-state index contributed by atoms with van der Waals surface area (Å²) in [6.07, 6.45) is 0.750. The Bertz CT molecular complexity index is 900. The Hall–Kier alpha value is -2.41. The topological polar surface area (TPSA) is 67.5 Å². The molecule has 1 unspecified atom stereocenters. The first kappa shape index (κ1) is 18.4. The molecule has 3 rings (SSSR count). The molecule has 2 aromatic carbocycles. The van der Waals surface area contributed by atoms with Crippen molar-refractivity contribution < 1.29 is 13.6 Å². The predicted molar refractivity (Wildman–Crippen MR) is 102 cm³/mol. The molecule has 0 bridgehead atoms. The van der Waals surface area contributed by atoms with Crippen LogP contribution in [0.5, 0.6) is 0 Å². The first-order chi connectivity index (χ1) is 12.3. The molecule has 0 aliphatic carbocycles. The van der Waals surface area contributed by atoms with E-state index in [1.807, 2.05) is 6.92 Å². The Morgan fingerprint density at radius 3 is 2.77 bits per heavy atom. The number of aliphatic imine (C=N–C) groups is 1. The van der Waals surface area contributed by atoms with Crippen LogP contribution in [0.4, 0.5) is 14.5 Å². The molecule has 7 heteroatoms. The van der Waals surface area contributed by atoms with E-state index in [9.17, 15) is 13.6 Å². The van der Waals surface area contributed by atoms with Gasteiger partial charge in [-0.2, -0.15) is 0 Å². The Labute approximate surface area is 154 Å². The van der Waals surface area contributed by atoms with Crippen molar-refractivity contribution in [1.29, 1.82) is 0 Å². The van der Waals surface area contributed by atoms with Gasteiger partial charge in [-0.15, -0.1) is 0 Å². The molecular weight excluding hydrogens is 356 g/mol. The molecule has 3 N–H and O–H groups in total. The van der Waals surface area contributed by atoms with Gasteiger partial charge in [0, 0.05) is 11.3 Å². The molecule has 4 nitrogen and oxygen atoms in total. The number of nitrogens with zero attached hydrogens (tertiary/aromatic N) is 1. The minimum Gasteiger partial charge on any atom is -0.379 e. The second-order valence-electron chi connectivity index (χ2n) is 6.43. The van der Waals surface area contributed by atoms with Gasteiger partial charge in [-0.1, -0.05) is 23.9 Å². The lowest BCUT2D eigenvalue weighted by Crippen LogP contribution is -2.29. The minimum absolute atomic E-state index is 0.0318. The van der Waals surface area contributed by atoms with E-state index in [4.69, 9.17) is 5.73 Å². The number of halogens is 2. The van der Waals surface area contributed by atoms with Crippen LogP contribution in [0.3, 0.4) is 0 Å². The predicted octanol–water partition coefficient (Wildman–Crippen LogP) is 4.19. The Balaban J connectivity index is 1.92. The number of hydrogen-bond donors (Lipinski definition) is 2. The van der Waals surface area contributed by atoms with Gasteiger partial charge in [0.2, 0.25) is 0 Å². The summed E-state index contributed by atoms with van der Waals surface area (Å²) < 4.78 is 27.7. The van der Waals surface area contributed by atoms with E-state index in [0.29, 0.717) is 10.7 Å². The maximum absolute atomic E-state index is 14.2. The SMILES string of the molecule is Cc1ccc(F)cc1C(=O)Nc1cc(C2(C)CCSC(N)=N2)ccc1F. The van der Waals surface area contributed by atoms with Crippen molar-refractivity contribution >= 4 is 28.5 Å². The number of rotatable bonds is 3. The third-order valence-corrected chi connectivity index (χ3v) is 5.27. The lowest BCUT2D eigenvalue weighted by atomic mass is 9.89. The fourth-order valence-corrected chi connectivity index (χ4v) is 3.85. The number of aryl methyl sites for hydroxylation is 1. The van der Waals surface area contributed by atoms with Crippen LogP contribution >= 0.6 is 11.8 Å². The molecule has 1 aliphatic heterocycles. The van der Waals surface area contributed by atoms with Gasteiger partial charge in [-0.25, -0.2) is 8.78 Å². The number of anilines is 1. The Kier molecular flexibility index (Phi) is 5.00. The largest absolute Gasteiger partial charge is 0.379 e. The van der Waals surface area contributed by atoms with E-state index in [2.05, 4.69) is 10.3 Å². The Morgan fingerprint density at radius 1 is 1.27 bits per heavy atom. The molecule has 26 heavy (non-hydrogen) atoms. The van der Waals surface area contributed by atoms with Crippen LogP contribution in [0.15, 0.2) is 41.4 Å². The highest BCUT2D eigenvalue weighted by Gasteiger charge is 2.30. The van der Waals surface area contributed by atoms with Crippen LogP contribution < -0.4 is 11.1 Å². The zero-order chi connectivity index (χ0) is 18.9. The molecule has 1 atom stereocenters. The fourth-order valence-electron chi connectivity index (χ4n) is 2.88. The molecule has 136 valence electrons. The number of nitrogens with one attached hydrogen (secondary N) is 1. The van der Waals surface area contributed by atoms with E-state index in [-0.39, 0.29) is 11.3 Å². The number of carbonyl (C=O) groups excluding carboxylic acids is 1. The van der Waals surface area contributed by atoms with Gasteiger partial charge in [0.1, 0.15) is 11.6 Å². The van der Waals surface area contributed by atoms with Crippen molar-refractivity contribution in [3.63, 3.8) is 0 Å². The molecule has 0 spiro atoms. The van der Waals surface area contributed by atoms with E-state index in [1.165, 1.54) is 30.0 Å². The number of amides is 1.